The summed E-state index contributed by atoms with van der Waals surface area (Å²) >= 11 is 0. The lowest BCUT2D eigenvalue weighted by Crippen LogP contribution is -2.55. The lowest BCUT2D eigenvalue weighted by molar-refractivity contribution is 0.0683. The summed E-state index contributed by atoms with van der Waals surface area (Å²) in [5.74, 6) is -0.841. The van der Waals surface area contributed by atoms with Crippen LogP contribution in [0.25, 0.3) is 0 Å². The van der Waals surface area contributed by atoms with E-state index in [-0.39, 0.29) is 17.6 Å². The first-order valence-corrected chi connectivity index (χ1v) is 10.4. The number of rotatable bonds is 1. The van der Waals surface area contributed by atoms with Crippen molar-refractivity contribution in [3.05, 3.63) is 112 Å². The zero-order valence-electron chi connectivity index (χ0n) is 17.0. The Kier molecular flexibility index (Phi) is 4.82. The predicted octanol–water partition coefficient (Wildman–Crippen LogP) is 3.20. The Hall–Kier alpha value is -3.80. The predicted molar refractivity (Wildman–Crippen MR) is 119 cm³/mol. The van der Waals surface area contributed by atoms with Crippen molar-refractivity contribution in [1.82, 2.24) is 9.58 Å². The molecule has 2 bridgehead atoms. The van der Waals surface area contributed by atoms with E-state index in [2.05, 4.69) is 41.4 Å². The van der Waals surface area contributed by atoms with Gasteiger partial charge in [-0.1, -0.05) is 66.7 Å². The number of carbonyl (C=O) groups excluding carboxylic acids is 1. The SMILES string of the molecule is O=C1c2c(O)c(=O)ccn2N2CN1CCC=CCc1ccccc1C2c1ccccc1. The van der Waals surface area contributed by atoms with Gasteiger partial charge in [-0.2, -0.15) is 0 Å². The molecule has 1 amide bonds. The van der Waals surface area contributed by atoms with Crippen molar-refractivity contribution < 1.29 is 9.90 Å². The van der Waals surface area contributed by atoms with Gasteiger partial charge in [0.2, 0.25) is 5.43 Å². The second kappa shape index (κ2) is 7.80. The molecule has 2 aromatic carbocycles. The van der Waals surface area contributed by atoms with Gasteiger partial charge in [-0.3, -0.25) is 19.3 Å². The standard InChI is InChI=1S/C25H23N3O3/c29-21-14-16-27-23(24(21)30)25(31)26-15-8-2-5-9-18-10-6-7-13-20(18)22(28(27)17-26)19-11-3-1-4-12-19/h1-7,10-14,16,22,30H,8-9,15,17H2. The first-order chi connectivity index (χ1) is 15.1. The number of aromatic hydroxyl groups is 1. The third kappa shape index (κ3) is 3.30. The van der Waals surface area contributed by atoms with Gasteiger partial charge < -0.3 is 10.0 Å². The molecule has 1 N–H and O–H groups in total. The molecular weight excluding hydrogens is 390 g/mol. The zero-order chi connectivity index (χ0) is 21.4. The summed E-state index contributed by atoms with van der Waals surface area (Å²) in [6.07, 6.45) is 7.32. The molecule has 2 aliphatic rings. The van der Waals surface area contributed by atoms with Crippen LogP contribution in [-0.2, 0) is 6.42 Å². The Morgan fingerprint density at radius 1 is 0.903 bits per heavy atom. The summed E-state index contributed by atoms with van der Waals surface area (Å²) in [5, 5.41) is 12.6. The molecule has 0 saturated heterocycles. The Morgan fingerprint density at radius 2 is 1.68 bits per heavy atom. The van der Waals surface area contributed by atoms with Crippen molar-refractivity contribution in [2.45, 2.75) is 18.9 Å². The second-order valence-electron chi connectivity index (χ2n) is 7.85. The summed E-state index contributed by atoms with van der Waals surface area (Å²) in [7, 11) is 0. The van der Waals surface area contributed by atoms with E-state index >= 15 is 0 Å². The highest BCUT2D eigenvalue weighted by Gasteiger charge is 2.36. The van der Waals surface area contributed by atoms with Crippen molar-refractivity contribution in [1.29, 1.82) is 0 Å². The number of benzene rings is 2. The Labute approximate surface area is 180 Å². The summed E-state index contributed by atoms with van der Waals surface area (Å²) < 4.78 is 1.65. The van der Waals surface area contributed by atoms with Gasteiger partial charge in [-0.25, -0.2) is 0 Å². The molecule has 2 aliphatic heterocycles. The molecule has 3 heterocycles. The maximum absolute atomic E-state index is 13.2. The average Bonchev–Trinajstić information content (AvgIpc) is 2.82. The normalized spacial score (nSPS) is 18.2. The van der Waals surface area contributed by atoms with Crippen LogP contribution in [0.15, 0.2) is 83.8 Å². The first kappa shape index (κ1) is 19.2. The van der Waals surface area contributed by atoms with Gasteiger partial charge in [0.05, 0.1) is 6.04 Å². The number of allylic oxidation sites excluding steroid dienone is 1. The van der Waals surface area contributed by atoms with Gasteiger partial charge in [0.25, 0.3) is 5.91 Å². The molecule has 156 valence electrons. The lowest BCUT2D eigenvalue weighted by Gasteiger charge is -2.44. The van der Waals surface area contributed by atoms with Crippen LogP contribution in [0.5, 0.6) is 5.75 Å². The molecule has 0 aliphatic carbocycles. The molecule has 3 aromatic rings. The molecule has 0 spiro atoms. The van der Waals surface area contributed by atoms with Crippen LogP contribution in [0.2, 0.25) is 0 Å². The van der Waals surface area contributed by atoms with E-state index in [0.29, 0.717) is 19.6 Å². The summed E-state index contributed by atoms with van der Waals surface area (Å²) in [4.78, 5) is 27.1. The largest absolute Gasteiger partial charge is 0.502 e. The van der Waals surface area contributed by atoms with Crippen LogP contribution in [0.3, 0.4) is 0 Å². The minimum Gasteiger partial charge on any atom is -0.502 e. The van der Waals surface area contributed by atoms with Crippen molar-refractivity contribution in [2.24, 2.45) is 0 Å². The molecule has 0 saturated carbocycles. The smallest absolute Gasteiger partial charge is 0.277 e. The Bertz CT molecular complexity index is 1220. The number of hydrogen-bond acceptors (Lipinski definition) is 4. The van der Waals surface area contributed by atoms with E-state index in [0.717, 1.165) is 17.5 Å². The topological polar surface area (TPSA) is 65.8 Å². The van der Waals surface area contributed by atoms with Crippen LogP contribution >= 0.6 is 0 Å². The third-order valence-corrected chi connectivity index (χ3v) is 5.97. The number of pyridine rings is 1. The van der Waals surface area contributed by atoms with Crippen molar-refractivity contribution in [2.75, 3.05) is 18.2 Å². The molecule has 6 nitrogen and oxygen atoms in total. The first-order valence-electron chi connectivity index (χ1n) is 10.4. The Morgan fingerprint density at radius 3 is 2.52 bits per heavy atom. The number of nitrogens with zero attached hydrogens (tertiary/aromatic N) is 3. The molecule has 1 atom stereocenters. The minimum atomic E-state index is -0.553. The Balaban J connectivity index is 1.80. The monoisotopic (exact) mass is 413 g/mol. The number of carbonyl (C=O) groups is 1. The zero-order valence-corrected chi connectivity index (χ0v) is 17.0. The highest BCUT2D eigenvalue weighted by atomic mass is 16.3. The van der Waals surface area contributed by atoms with E-state index in [4.69, 9.17) is 0 Å². The molecular formula is C25H23N3O3. The maximum atomic E-state index is 13.2. The van der Waals surface area contributed by atoms with Crippen molar-refractivity contribution in [3.63, 3.8) is 0 Å². The van der Waals surface area contributed by atoms with Gasteiger partial charge in [-0.15, -0.1) is 0 Å². The van der Waals surface area contributed by atoms with Crippen LogP contribution in [0.4, 0.5) is 0 Å². The van der Waals surface area contributed by atoms with Crippen LogP contribution in [0, 0.1) is 0 Å². The second-order valence-corrected chi connectivity index (χ2v) is 7.85. The van der Waals surface area contributed by atoms with Gasteiger partial charge >= 0.3 is 0 Å². The number of aromatic nitrogens is 1. The summed E-state index contributed by atoms with van der Waals surface area (Å²) in [6, 6.07) is 19.5. The summed E-state index contributed by atoms with van der Waals surface area (Å²) in [5.41, 5.74) is 2.85. The van der Waals surface area contributed by atoms with E-state index in [1.165, 1.54) is 11.6 Å². The van der Waals surface area contributed by atoms with Gasteiger partial charge in [0.1, 0.15) is 6.67 Å². The fourth-order valence-electron chi connectivity index (χ4n) is 4.46. The molecule has 5 rings (SSSR count). The van der Waals surface area contributed by atoms with Gasteiger partial charge in [0, 0.05) is 18.8 Å². The van der Waals surface area contributed by atoms with E-state index in [1.807, 2.05) is 30.3 Å². The van der Waals surface area contributed by atoms with E-state index in [9.17, 15) is 14.7 Å². The fourth-order valence-corrected chi connectivity index (χ4v) is 4.46. The van der Waals surface area contributed by atoms with E-state index in [1.54, 1.807) is 15.8 Å². The third-order valence-electron chi connectivity index (χ3n) is 5.97. The highest BCUT2D eigenvalue weighted by Crippen LogP contribution is 2.34. The maximum Gasteiger partial charge on any atom is 0.277 e. The number of hydrogen-bond donors (Lipinski definition) is 1. The number of fused-ring (bicyclic) bond motifs is 5. The quantitative estimate of drug-likeness (QED) is 0.623. The average molecular weight is 413 g/mol. The van der Waals surface area contributed by atoms with E-state index < -0.39 is 11.2 Å². The van der Waals surface area contributed by atoms with Gasteiger partial charge in [0.15, 0.2) is 11.4 Å². The molecule has 31 heavy (non-hydrogen) atoms. The van der Waals surface area contributed by atoms with Crippen LogP contribution in [-0.4, -0.2) is 33.8 Å². The summed E-state index contributed by atoms with van der Waals surface area (Å²) in [6.45, 7) is 0.849. The lowest BCUT2D eigenvalue weighted by atomic mass is 9.92. The molecule has 0 fully saturated rings. The molecule has 0 radical (unpaired) electrons. The van der Waals surface area contributed by atoms with Gasteiger partial charge in [-0.05, 0) is 29.5 Å². The van der Waals surface area contributed by atoms with Crippen molar-refractivity contribution >= 4 is 5.91 Å². The molecule has 6 heteroatoms. The fraction of sp³-hybridized carbons (Fsp3) is 0.200. The van der Waals surface area contributed by atoms with Crippen LogP contribution < -0.4 is 10.4 Å². The minimum absolute atomic E-state index is 0.0142. The molecule has 1 unspecified atom stereocenters. The molecule has 1 aromatic heterocycles. The van der Waals surface area contributed by atoms with Crippen molar-refractivity contribution in [3.8, 4) is 5.75 Å². The highest BCUT2D eigenvalue weighted by molar-refractivity contribution is 5.96. The van der Waals surface area contributed by atoms with Crippen LogP contribution in [0.1, 0.15) is 39.6 Å². The number of amides is 1.